The van der Waals surface area contributed by atoms with E-state index in [1.165, 1.54) is 11.8 Å². The Kier molecular flexibility index (Phi) is 6.54. The Balaban J connectivity index is 1.48. The third-order valence-electron chi connectivity index (χ3n) is 3.69. The molecule has 1 heterocycles. The van der Waals surface area contributed by atoms with Crippen molar-refractivity contribution in [3.8, 4) is 11.5 Å². The fourth-order valence-electron chi connectivity index (χ4n) is 2.54. The number of hydrogen-bond donors (Lipinski definition) is 1. The molecule has 0 spiro atoms. The van der Waals surface area contributed by atoms with Crippen molar-refractivity contribution in [2.45, 2.75) is 25.7 Å². The number of carbonyl (C=O) groups is 1. The molecule has 1 N–H and O–H groups in total. The Hall–Kier alpha value is -3.00. The van der Waals surface area contributed by atoms with Crippen LogP contribution >= 0.6 is 11.8 Å². The summed E-state index contributed by atoms with van der Waals surface area (Å²) in [6.07, 6.45) is 0. The minimum absolute atomic E-state index is 0.150. The van der Waals surface area contributed by atoms with Crippen molar-refractivity contribution in [3.05, 3.63) is 59.5 Å². The molecule has 0 aliphatic carbocycles. The molecule has 1 aromatic heterocycles. The minimum Gasteiger partial charge on any atom is -0.497 e. The van der Waals surface area contributed by atoms with E-state index < -0.39 is 0 Å². The monoisotopic (exact) mass is 399 g/mol. The lowest BCUT2D eigenvalue weighted by atomic mass is 10.1. The molecule has 0 saturated heterocycles. The number of benzene rings is 2. The highest BCUT2D eigenvalue weighted by molar-refractivity contribution is 7.99. The molecule has 3 aromatic rings. The Morgan fingerprint density at radius 3 is 2.64 bits per heavy atom. The minimum atomic E-state index is -0.176. The third kappa shape index (κ3) is 5.75. The van der Waals surface area contributed by atoms with Crippen LogP contribution in [0.2, 0.25) is 0 Å². The van der Waals surface area contributed by atoms with Crippen molar-refractivity contribution in [3.63, 3.8) is 0 Å². The van der Waals surface area contributed by atoms with Gasteiger partial charge in [0.05, 0.1) is 12.9 Å². The normalized spacial score (nSPS) is 10.5. The molecule has 0 aliphatic rings. The van der Waals surface area contributed by atoms with Gasteiger partial charge in [-0.25, -0.2) is 0 Å². The molecular weight excluding hydrogens is 378 g/mol. The first-order valence-corrected chi connectivity index (χ1v) is 9.60. The van der Waals surface area contributed by atoms with Gasteiger partial charge in [0.2, 0.25) is 5.91 Å². The first-order valence-electron chi connectivity index (χ1n) is 8.62. The van der Waals surface area contributed by atoms with Gasteiger partial charge in [-0.1, -0.05) is 23.9 Å². The van der Waals surface area contributed by atoms with Crippen LogP contribution in [-0.4, -0.2) is 29.0 Å². The summed E-state index contributed by atoms with van der Waals surface area (Å²) in [5, 5.41) is 11.0. The maximum Gasteiger partial charge on any atom is 0.277 e. The topological polar surface area (TPSA) is 86.5 Å². The zero-order chi connectivity index (χ0) is 19.9. The van der Waals surface area contributed by atoms with Gasteiger partial charge >= 0.3 is 0 Å². The lowest BCUT2D eigenvalue weighted by Gasteiger charge is -2.06. The number of methoxy groups -OCH3 is 1. The Morgan fingerprint density at radius 2 is 1.89 bits per heavy atom. The molecule has 2 aromatic carbocycles. The van der Waals surface area contributed by atoms with Crippen LogP contribution < -0.4 is 14.8 Å². The Labute approximate surface area is 167 Å². The zero-order valence-corrected chi connectivity index (χ0v) is 16.7. The lowest BCUT2D eigenvalue weighted by Crippen LogP contribution is -2.13. The van der Waals surface area contributed by atoms with Gasteiger partial charge in [-0.15, -0.1) is 10.2 Å². The van der Waals surface area contributed by atoms with Gasteiger partial charge in [0.25, 0.3) is 11.1 Å². The molecule has 1 amide bonds. The van der Waals surface area contributed by atoms with Crippen LogP contribution in [0, 0.1) is 13.8 Å². The number of aromatic nitrogens is 2. The molecule has 28 heavy (non-hydrogen) atoms. The van der Waals surface area contributed by atoms with Gasteiger partial charge in [0.15, 0.2) is 6.61 Å². The summed E-state index contributed by atoms with van der Waals surface area (Å²) in [4.78, 5) is 12.1. The molecule has 3 rings (SSSR count). The predicted octanol–water partition coefficient (Wildman–Crippen LogP) is 4.00. The summed E-state index contributed by atoms with van der Waals surface area (Å²) in [5.41, 5.74) is 2.91. The Morgan fingerprint density at radius 1 is 1.11 bits per heavy atom. The predicted molar refractivity (Wildman–Crippen MR) is 107 cm³/mol. The van der Waals surface area contributed by atoms with Crippen molar-refractivity contribution < 1.29 is 18.7 Å². The van der Waals surface area contributed by atoms with Crippen molar-refractivity contribution in [2.24, 2.45) is 0 Å². The molecular formula is C20H21N3O4S. The number of ether oxygens (including phenoxy) is 2. The maximum absolute atomic E-state index is 12.1. The van der Waals surface area contributed by atoms with Crippen molar-refractivity contribution in [1.82, 2.24) is 10.2 Å². The van der Waals surface area contributed by atoms with Crippen molar-refractivity contribution in [2.75, 3.05) is 18.2 Å². The molecule has 8 heteroatoms. The van der Waals surface area contributed by atoms with E-state index in [0.717, 1.165) is 16.9 Å². The number of nitrogens with one attached hydrogen (secondary N) is 1. The van der Waals surface area contributed by atoms with Gasteiger partial charge in [-0.05, 0) is 49.2 Å². The molecule has 0 radical (unpaired) electrons. The van der Waals surface area contributed by atoms with E-state index in [2.05, 4.69) is 21.6 Å². The summed E-state index contributed by atoms with van der Waals surface area (Å²) in [6.45, 7) is 4.20. The zero-order valence-electron chi connectivity index (χ0n) is 15.9. The second-order valence-electron chi connectivity index (χ2n) is 6.14. The highest BCUT2D eigenvalue weighted by atomic mass is 32.2. The summed E-state index contributed by atoms with van der Waals surface area (Å²) >= 11 is 1.17. The molecule has 7 nitrogen and oxygen atoms in total. The summed E-state index contributed by atoms with van der Waals surface area (Å²) in [7, 11) is 1.58. The number of thioether (sulfide) groups is 1. The van der Waals surface area contributed by atoms with E-state index in [-0.39, 0.29) is 18.3 Å². The van der Waals surface area contributed by atoms with Crippen LogP contribution in [-0.2, 0) is 11.4 Å². The van der Waals surface area contributed by atoms with E-state index >= 15 is 0 Å². The molecule has 146 valence electrons. The quantitative estimate of drug-likeness (QED) is 0.573. The largest absolute Gasteiger partial charge is 0.497 e. The standard InChI is InChI=1S/C20H21N3O4S/c1-13-7-14(2)9-17(8-13)26-11-19-22-23-20(27-19)28-12-18(24)21-15-5-4-6-16(10-15)25-3/h4-10H,11-12H2,1-3H3,(H,21,24). The number of anilines is 1. The molecule has 0 bridgehead atoms. The lowest BCUT2D eigenvalue weighted by molar-refractivity contribution is -0.113. The van der Waals surface area contributed by atoms with Crippen molar-refractivity contribution >= 4 is 23.4 Å². The molecule has 0 atom stereocenters. The van der Waals surface area contributed by atoms with E-state index in [0.29, 0.717) is 22.6 Å². The second-order valence-corrected chi connectivity index (χ2v) is 7.07. The Bertz CT molecular complexity index is 938. The summed E-state index contributed by atoms with van der Waals surface area (Å²) < 4.78 is 16.4. The SMILES string of the molecule is COc1cccc(NC(=O)CSc2nnc(COc3cc(C)cc(C)c3)o2)c1. The van der Waals surface area contributed by atoms with Crippen LogP contribution in [0.3, 0.4) is 0 Å². The number of carbonyl (C=O) groups excluding carboxylic acids is 1. The van der Waals surface area contributed by atoms with E-state index in [1.54, 1.807) is 19.2 Å². The van der Waals surface area contributed by atoms with Crippen LogP contribution in [0.1, 0.15) is 17.0 Å². The highest BCUT2D eigenvalue weighted by Gasteiger charge is 2.11. The van der Waals surface area contributed by atoms with Gasteiger partial charge in [-0.3, -0.25) is 4.79 Å². The number of rotatable bonds is 8. The average Bonchev–Trinajstić information content (AvgIpc) is 3.12. The molecule has 0 saturated carbocycles. The maximum atomic E-state index is 12.1. The number of nitrogens with zero attached hydrogens (tertiary/aromatic N) is 2. The fourth-order valence-corrected chi connectivity index (χ4v) is 3.12. The van der Waals surface area contributed by atoms with Crippen LogP contribution in [0.15, 0.2) is 52.1 Å². The van der Waals surface area contributed by atoms with Gasteiger partial charge in [0, 0.05) is 11.8 Å². The van der Waals surface area contributed by atoms with Gasteiger partial charge in [0.1, 0.15) is 11.5 Å². The van der Waals surface area contributed by atoms with Gasteiger partial charge in [-0.2, -0.15) is 0 Å². The fraction of sp³-hybridized carbons (Fsp3) is 0.250. The number of aryl methyl sites for hydroxylation is 2. The molecule has 0 aliphatic heterocycles. The first-order chi connectivity index (χ1) is 13.5. The van der Waals surface area contributed by atoms with Crippen LogP contribution in [0.5, 0.6) is 11.5 Å². The van der Waals surface area contributed by atoms with Gasteiger partial charge < -0.3 is 19.2 Å². The highest BCUT2D eigenvalue weighted by Crippen LogP contribution is 2.21. The third-order valence-corrected chi connectivity index (χ3v) is 4.50. The first kappa shape index (κ1) is 19.8. The summed E-state index contributed by atoms with van der Waals surface area (Å²) in [5.74, 6) is 1.76. The average molecular weight is 399 g/mol. The van der Waals surface area contributed by atoms with Crippen LogP contribution in [0.4, 0.5) is 5.69 Å². The van der Waals surface area contributed by atoms with Crippen LogP contribution in [0.25, 0.3) is 0 Å². The van der Waals surface area contributed by atoms with E-state index in [4.69, 9.17) is 13.9 Å². The second kappa shape index (κ2) is 9.27. The van der Waals surface area contributed by atoms with E-state index in [1.807, 2.05) is 38.1 Å². The molecule has 0 fully saturated rings. The summed E-state index contributed by atoms with van der Waals surface area (Å²) in [6, 6.07) is 13.1. The number of hydrogen-bond acceptors (Lipinski definition) is 7. The molecule has 0 unspecified atom stereocenters. The van der Waals surface area contributed by atoms with Crippen molar-refractivity contribution in [1.29, 1.82) is 0 Å². The van der Waals surface area contributed by atoms with E-state index in [9.17, 15) is 4.79 Å². The number of amides is 1. The smallest absolute Gasteiger partial charge is 0.277 e.